The smallest absolute Gasteiger partial charge is 0.408 e. The summed E-state index contributed by atoms with van der Waals surface area (Å²) in [5, 5.41) is 16.0. The molecule has 0 radical (unpaired) electrons. The fourth-order valence-corrected chi connectivity index (χ4v) is 4.31. The maximum absolute atomic E-state index is 14.3. The highest BCUT2D eigenvalue weighted by molar-refractivity contribution is 5.92. The standard InChI is InChI=1S/C31H53N3O5/c1-11-13-14-15-16-19-34(28(37)25(21(3)12-2)32-29(38)39-31(8,9)10)26(27(36)33-30(5,6)7)23-17-18-24(35)22(4)20-23/h17-18,20-21,25-26,35H,11-16,19H2,1-10H3,(H,32,38)(H,33,36). The Morgan fingerprint density at radius 3 is 2.13 bits per heavy atom. The molecule has 0 aliphatic rings. The van der Waals surface area contributed by atoms with Crippen molar-refractivity contribution >= 4 is 17.9 Å². The Bertz CT molecular complexity index is 949. The number of carbonyl (C=O) groups is 3. The Labute approximate surface area is 236 Å². The molecule has 1 aromatic rings. The van der Waals surface area contributed by atoms with Crippen LogP contribution in [0.2, 0.25) is 0 Å². The fourth-order valence-electron chi connectivity index (χ4n) is 4.31. The number of hydrogen-bond acceptors (Lipinski definition) is 5. The van der Waals surface area contributed by atoms with Crippen LogP contribution in [-0.2, 0) is 14.3 Å². The van der Waals surface area contributed by atoms with Crippen LogP contribution in [-0.4, -0.2) is 51.6 Å². The maximum atomic E-state index is 14.3. The number of ether oxygens (including phenoxy) is 1. The van der Waals surface area contributed by atoms with E-state index in [1.54, 1.807) is 50.8 Å². The third-order valence-corrected chi connectivity index (χ3v) is 6.53. The predicted octanol–water partition coefficient (Wildman–Crippen LogP) is 6.39. The molecule has 0 saturated heterocycles. The second-order valence-corrected chi connectivity index (χ2v) is 12.6. The number of phenolic OH excluding ortho intramolecular Hbond substituents is 1. The Hall–Kier alpha value is -2.77. The van der Waals surface area contributed by atoms with Crippen molar-refractivity contribution in [1.82, 2.24) is 15.5 Å². The quantitative estimate of drug-likeness (QED) is 0.248. The van der Waals surface area contributed by atoms with Crippen LogP contribution in [0.25, 0.3) is 0 Å². The monoisotopic (exact) mass is 547 g/mol. The van der Waals surface area contributed by atoms with Crippen molar-refractivity contribution in [3.05, 3.63) is 29.3 Å². The number of benzene rings is 1. The van der Waals surface area contributed by atoms with Crippen LogP contribution >= 0.6 is 0 Å². The summed E-state index contributed by atoms with van der Waals surface area (Å²) in [6, 6.07) is 3.18. The van der Waals surface area contributed by atoms with Crippen molar-refractivity contribution in [2.45, 2.75) is 131 Å². The number of phenols is 1. The molecular weight excluding hydrogens is 494 g/mol. The molecule has 8 nitrogen and oxygen atoms in total. The van der Waals surface area contributed by atoms with Crippen molar-refractivity contribution in [2.24, 2.45) is 5.92 Å². The highest BCUT2D eigenvalue weighted by atomic mass is 16.6. The normalized spacial score (nSPS) is 14.2. The zero-order valence-electron chi connectivity index (χ0n) is 25.9. The average molecular weight is 548 g/mol. The Kier molecular flexibility index (Phi) is 13.3. The third-order valence-electron chi connectivity index (χ3n) is 6.53. The lowest BCUT2D eigenvalue weighted by Crippen LogP contribution is -2.56. The van der Waals surface area contributed by atoms with Gasteiger partial charge in [0.15, 0.2) is 0 Å². The zero-order chi connectivity index (χ0) is 30.0. The zero-order valence-corrected chi connectivity index (χ0v) is 25.9. The molecule has 0 aromatic heterocycles. The first kappa shape index (κ1) is 34.3. The molecule has 222 valence electrons. The van der Waals surface area contributed by atoms with Crippen LogP contribution in [0.1, 0.15) is 118 Å². The van der Waals surface area contributed by atoms with E-state index in [2.05, 4.69) is 17.6 Å². The molecule has 1 aromatic carbocycles. The van der Waals surface area contributed by atoms with Gasteiger partial charge in [0.2, 0.25) is 11.8 Å². The van der Waals surface area contributed by atoms with E-state index in [9.17, 15) is 19.5 Å². The van der Waals surface area contributed by atoms with Crippen molar-refractivity contribution in [1.29, 1.82) is 0 Å². The van der Waals surface area contributed by atoms with Gasteiger partial charge in [-0.1, -0.05) is 58.9 Å². The van der Waals surface area contributed by atoms with Gasteiger partial charge in [-0.05, 0) is 84.1 Å². The highest BCUT2D eigenvalue weighted by Gasteiger charge is 2.38. The maximum Gasteiger partial charge on any atom is 0.408 e. The molecule has 0 spiro atoms. The topological polar surface area (TPSA) is 108 Å². The summed E-state index contributed by atoms with van der Waals surface area (Å²) in [5.41, 5.74) is -0.0248. The SMILES string of the molecule is CCCCCCCN(C(=O)C(NC(=O)OC(C)(C)C)C(C)CC)C(C(=O)NC(C)(C)C)c1ccc(O)c(C)c1. The van der Waals surface area contributed by atoms with Gasteiger partial charge in [0.05, 0.1) is 0 Å². The summed E-state index contributed by atoms with van der Waals surface area (Å²) in [6.07, 6.45) is 4.88. The minimum absolute atomic E-state index is 0.121. The summed E-state index contributed by atoms with van der Waals surface area (Å²) in [7, 11) is 0. The van der Waals surface area contributed by atoms with Crippen molar-refractivity contribution in [2.75, 3.05) is 6.54 Å². The number of aryl methyl sites for hydroxylation is 1. The van der Waals surface area contributed by atoms with Gasteiger partial charge in [0.25, 0.3) is 0 Å². The molecule has 1 rings (SSSR count). The van der Waals surface area contributed by atoms with Crippen LogP contribution in [0.4, 0.5) is 4.79 Å². The number of hydrogen-bond donors (Lipinski definition) is 3. The van der Waals surface area contributed by atoms with E-state index < -0.39 is 29.3 Å². The van der Waals surface area contributed by atoms with Crippen LogP contribution < -0.4 is 10.6 Å². The molecule has 0 aliphatic carbocycles. The van der Waals surface area contributed by atoms with Crippen LogP contribution in [0.15, 0.2) is 18.2 Å². The molecule has 3 atom stereocenters. The summed E-state index contributed by atoms with van der Waals surface area (Å²) in [5.74, 6) is -0.712. The average Bonchev–Trinajstić information content (AvgIpc) is 2.80. The number of rotatable bonds is 13. The van der Waals surface area contributed by atoms with Crippen molar-refractivity contribution < 1.29 is 24.2 Å². The lowest BCUT2D eigenvalue weighted by molar-refractivity contribution is -0.144. The van der Waals surface area contributed by atoms with Crippen LogP contribution in [0.5, 0.6) is 5.75 Å². The van der Waals surface area contributed by atoms with E-state index in [0.717, 1.165) is 32.1 Å². The van der Waals surface area contributed by atoms with Gasteiger partial charge in [-0.25, -0.2) is 4.79 Å². The number of nitrogens with one attached hydrogen (secondary N) is 2. The molecule has 3 unspecified atom stereocenters. The van der Waals surface area contributed by atoms with Crippen LogP contribution in [0.3, 0.4) is 0 Å². The molecular formula is C31H53N3O5. The minimum Gasteiger partial charge on any atom is -0.508 e. The van der Waals surface area contributed by atoms with E-state index in [1.165, 1.54) is 0 Å². The number of aromatic hydroxyl groups is 1. The van der Waals surface area contributed by atoms with Gasteiger partial charge >= 0.3 is 6.09 Å². The molecule has 0 aliphatic heterocycles. The Morgan fingerprint density at radius 1 is 1.00 bits per heavy atom. The lowest BCUT2D eigenvalue weighted by Gasteiger charge is -2.37. The number of unbranched alkanes of at least 4 members (excludes halogenated alkanes) is 4. The van der Waals surface area contributed by atoms with Gasteiger partial charge in [-0.15, -0.1) is 0 Å². The third kappa shape index (κ3) is 11.9. The highest BCUT2D eigenvalue weighted by Crippen LogP contribution is 2.29. The second-order valence-electron chi connectivity index (χ2n) is 12.6. The number of amides is 3. The molecule has 0 saturated carbocycles. The van der Waals surface area contributed by atoms with E-state index in [0.29, 0.717) is 24.1 Å². The molecule has 0 fully saturated rings. The Morgan fingerprint density at radius 2 is 1.62 bits per heavy atom. The van der Waals surface area contributed by atoms with E-state index in [1.807, 2.05) is 34.6 Å². The van der Waals surface area contributed by atoms with Crippen molar-refractivity contribution in [3.63, 3.8) is 0 Å². The summed E-state index contributed by atoms with van der Waals surface area (Å²) < 4.78 is 5.48. The van der Waals surface area contributed by atoms with Crippen LogP contribution in [0, 0.1) is 12.8 Å². The Balaban J connectivity index is 3.59. The van der Waals surface area contributed by atoms with E-state index >= 15 is 0 Å². The van der Waals surface area contributed by atoms with Gasteiger partial charge in [-0.3, -0.25) is 9.59 Å². The van der Waals surface area contributed by atoms with E-state index in [-0.39, 0.29) is 23.5 Å². The lowest BCUT2D eigenvalue weighted by atomic mass is 9.94. The summed E-state index contributed by atoms with van der Waals surface area (Å²) >= 11 is 0. The largest absolute Gasteiger partial charge is 0.508 e. The fraction of sp³-hybridized carbons (Fsp3) is 0.710. The molecule has 39 heavy (non-hydrogen) atoms. The summed E-state index contributed by atoms with van der Waals surface area (Å²) in [6.45, 7) is 19.1. The van der Waals surface area contributed by atoms with Gasteiger partial charge in [0.1, 0.15) is 23.4 Å². The molecule has 8 heteroatoms. The predicted molar refractivity (Wildman–Crippen MR) is 157 cm³/mol. The van der Waals surface area contributed by atoms with Crippen molar-refractivity contribution in [3.8, 4) is 5.75 Å². The van der Waals surface area contributed by atoms with E-state index in [4.69, 9.17) is 4.74 Å². The number of alkyl carbamates (subject to hydrolysis) is 1. The van der Waals surface area contributed by atoms with Gasteiger partial charge < -0.3 is 25.4 Å². The first-order valence-corrected chi connectivity index (χ1v) is 14.4. The first-order valence-electron chi connectivity index (χ1n) is 14.4. The van der Waals surface area contributed by atoms with Gasteiger partial charge in [-0.2, -0.15) is 0 Å². The number of nitrogens with zero attached hydrogens (tertiary/aromatic N) is 1. The molecule has 3 N–H and O–H groups in total. The molecule has 3 amide bonds. The minimum atomic E-state index is -0.936. The molecule has 0 heterocycles. The second kappa shape index (κ2) is 15.1. The van der Waals surface area contributed by atoms with Gasteiger partial charge in [0, 0.05) is 12.1 Å². The molecule has 0 bridgehead atoms. The summed E-state index contributed by atoms with van der Waals surface area (Å²) in [4.78, 5) is 42.5. The number of carbonyl (C=O) groups excluding carboxylic acids is 3. The first-order chi connectivity index (χ1) is 18.0.